The van der Waals surface area contributed by atoms with E-state index < -0.39 is 30.0 Å². The van der Waals surface area contributed by atoms with Crippen molar-refractivity contribution < 1.29 is 26.7 Å². The maximum absolute atomic E-state index is 12.4. The molecule has 1 atom stereocenters. The molecule has 0 amide bonds. The highest BCUT2D eigenvalue weighted by Gasteiger charge is 2.41. The van der Waals surface area contributed by atoms with Crippen LogP contribution in [0.3, 0.4) is 0 Å². The van der Waals surface area contributed by atoms with E-state index in [-0.39, 0.29) is 11.0 Å². The molecule has 0 aliphatic heterocycles. The molecule has 1 aromatic rings. The van der Waals surface area contributed by atoms with Gasteiger partial charge in [0.1, 0.15) is 11.7 Å². The molecule has 1 unspecified atom stereocenters. The molecule has 1 heterocycles. The van der Waals surface area contributed by atoms with Crippen LogP contribution in [0.5, 0.6) is 0 Å². The third-order valence-electron chi connectivity index (χ3n) is 1.92. The Morgan fingerprint density at radius 2 is 1.94 bits per heavy atom. The molecule has 4 nitrogen and oxygen atoms in total. The smallest absolute Gasteiger partial charge is 0.296 e. The number of hydrogen-bond acceptors (Lipinski definition) is 3. The highest BCUT2D eigenvalue weighted by Crippen LogP contribution is 2.33. The Kier molecular flexibility index (Phi) is 3.24. The van der Waals surface area contributed by atoms with Crippen LogP contribution in [0.1, 0.15) is 35.6 Å². The van der Waals surface area contributed by atoms with E-state index in [1.165, 1.54) is 0 Å². The number of halogens is 5. The van der Waals surface area contributed by atoms with Crippen LogP contribution in [-0.4, -0.2) is 27.5 Å². The van der Waals surface area contributed by atoms with Crippen molar-refractivity contribution in [3.8, 4) is 0 Å². The number of rotatable bonds is 3. The predicted molar refractivity (Wildman–Crippen MR) is 41.1 cm³/mol. The van der Waals surface area contributed by atoms with Gasteiger partial charge >= 0.3 is 6.18 Å². The normalized spacial score (nSPS) is 14.2. The maximum atomic E-state index is 12.4. The molecule has 0 fully saturated rings. The van der Waals surface area contributed by atoms with Gasteiger partial charge in [0.2, 0.25) is 0 Å². The quantitative estimate of drug-likeness (QED) is 0.603. The molecule has 0 saturated heterocycles. The molecular weight excluding hydrogens is 237 g/mol. The van der Waals surface area contributed by atoms with Crippen molar-refractivity contribution in [1.29, 1.82) is 0 Å². The lowest BCUT2D eigenvalue weighted by atomic mass is 10.3. The minimum atomic E-state index is -4.74. The minimum Gasteiger partial charge on any atom is -0.296 e. The first-order valence-corrected chi connectivity index (χ1v) is 4.04. The Labute approximate surface area is 86.0 Å². The van der Waals surface area contributed by atoms with Gasteiger partial charge < -0.3 is 0 Å². The number of hydrogen-bond donors (Lipinski definition) is 0. The van der Waals surface area contributed by atoms with Crippen LogP contribution in [0.2, 0.25) is 0 Å². The van der Waals surface area contributed by atoms with Gasteiger partial charge in [0.05, 0.1) is 0 Å². The highest BCUT2D eigenvalue weighted by molar-refractivity contribution is 5.73. The summed E-state index contributed by atoms with van der Waals surface area (Å²) in [4.78, 5) is 10.3. The van der Waals surface area contributed by atoms with Crippen molar-refractivity contribution in [2.24, 2.45) is 0 Å². The van der Waals surface area contributed by atoms with Crippen LogP contribution < -0.4 is 0 Å². The molecule has 0 aliphatic rings. The van der Waals surface area contributed by atoms with Gasteiger partial charge in [0.15, 0.2) is 12.0 Å². The summed E-state index contributed by atoms with van der Waals surface area (Å²) < 4.78 is 61.7. The van der Waals surface area contributed by atoms with Crippen molar-refractivity contribution in [3.05, 3.63) is 11.4 Å². The predicted octanol–water partition coefficient (Wildman–Crippen LogP) is 2.15. The summed E-state index contributed by atoms with van der Waals surface area (Å²) in [5, 5.41) is 5.87. The van der Waals surface area contributed by atoms with Crippen molar-refractivity contribution in [3.63, 3.8) is 0 Å². The molecule has 1 rings (SSSR count). The van der Waals surface area contributed by atoms with E-state index in [1.807, 2.05) is 0 Å². The van der Waals surface area contributed by atoms with Crippen LogP contribution in [-0.2, 0) is 0 Å². The van der Waals surface area contributed by atoms with E-state index in [9.17, 15) is 26.7 Å². The first-order chi connectivity index (χ1) is 7.29. The van der Waals surface area contributed by atoms with Gasteiger partial charge in [0, 0.05) is 0 Å². The van der Waals surface area contributed by atoms with E-state index in [4.69, 9.17) is 0 Å². The number of aldehydes is 1. The number of alkyl halides is 5. The molecular formula is C7H6F5N3O. The summed E-state index contributed by atoms with van der Waals surface area (Å²) in [5.41, 5.74) is -1.91. The van der Waals surface area contributed by atoms with Crippen LogP contribution in [0.25, 0.3) is 0 Å². The van der Waals surface area contributed by atoms with E-state index in [1.54, 1.807) is 0 Å². The first kappa shape index (κ1) is 12.5. The topological polar surface area (TPSA) is 47.8 Å². The average molecular weight is 243 g/mol. The number of carbonyl (C=O) groups excluding carboxylic acids is 1. The zero-order valence-electron chi connectivity index (χ0n) is 7.87. The SMILES string of the molecule is CC(n1nnc(C=O)c1C(F)F)C(F)(F)F. The fourth-order valence-electron chi connectivity index (χ4n) is 1.03. The Hall–Kier alpha value is -1.54. The van der Waals surface area contributed by atoms with Gasteiger partial charge in [-0.25, -0.2) is 13.5 Å². The van der Waals surface area contributed by atoms with Gasteiger partial charge in [-0.15, -0.1) is 5.10 Å². The van der Waals surface area contributed by atoms with E-state index in [2.05, 4.69) is 10.3 Å². The third-order valence-corrected chi connectivity index (χ3v) is 1.92. The Balaban J connectivity index is 3.24. The van der Waals surface area contributed by atoms with Gasteiger partial charge in [-0.1, -0.05) is 5.21 Å². The molecule has 90 valence electrons. The summed E-state index contributed by atoms with van der Waals surface area (Å²) in [6.45, 7) is 0.648. The van der Waals surface area contributed by atoms with Crippen LogP contribution in [0, 0.1) is 0 Å². The fourth-order valence-corrected chi connectivity index (χ4v) is 1.03. The zero-order chi connectivity index (χ0) is 12.5. The summed E-state index contributed by atoms with van der Waals surface area (Å²) in [7, 11) is 0. The van der Waals surface area contributed by atoms with Gasteiger partial charge in [0.25, 0.3) is 6.43 Å². The maximum Gasteiger partial charge on any atom is 0.410 e. The van der Waals surface area contributed by atoms with E-state index in [0.29, 0.717) is 6.92 Å². The lowest BCUT2D eigenvalue weighted by Crippen LogP contribution is -2.26. The average Bonchev–Trinajstić information content (AvgIpc) is 2.57. The standard InChI is InChI=1S/C7H6F5N3O/c1-3(7(10,11)12)15-5(6(8)9)4(2-16)13-14-15/h2-3,6H,1H3. The summed E-state index contributed by atoms with van der Waals surface area (Å²) >= 11 is 0. The van der Waals surface area contributed by atoms with Gasteiger partial charge in [-0.2, -0.15) is 13.2 Å². The summed E-state index contributed by atoms with van der Waals surface area (Å²) in [6, 6.07) is -2.27. The number of nitrogens with zero attached hydrogens (tertiary/aromatic N) is 3. The first-order valence-electron chi connectivity index (χ1n) is 4.04. The zero-order valence-corrected chi connectivity index (χ0v) is 7.87. The second kappa shape index (κ2) is 4.14. The van der Waals surface area contributed by atoms with Crippen LogP contribution in [0.15, 0.2) is 0 Å². The second-order valence-corrected chi connectivity index (χ2v) is 2.94. The second-order valence-electron chi connectivity index (χ2n) is 2.94. The molecule has 0 bridgehead atoms. The van der Waals surface area contributed by atoms with Crippen molar-refractivity contribution in [2.75, 3.05) is 0 Å². The Morgan fingerprint density at radius 3 is 2.31 bits per heavy atom. The number of carbonyl (C=O) groups is 1. The highest BCUT2D eigenvalue weighted by atomic mass is 19.4. The molecule has 9 heteroatoms. The molecule has 0 saturated carbocycles. The minimum absolute atomic E-state index is 0.00833. The van der Waals surface area contributed by atoms with Crippen molar-refractivity contribution >= 4 is 6.29 Å². The Bertz CT molecular complexity index is 386. The van der Waals surface area contributed by atoms with Crippen molar-refractivity contribution in [1.82, 2.24) is 15.0 Å². The van der Waals surface area contributed by atoms with Gasteiger partial charge in [-0.3, -0.25) is 4.79 Å². The molecule has 0 radical (unpaired) electrons. The lowest BCUT2D eigenvalue weighted by molar-refractivity contribution is -0.166. The van der Waals surface area contributed by atoms with E-state index in [0.717, 1.165) is 0 Å². The number of aromatic nitrogens is 3. The van der Waals surface area contributed by atoms with Crippen LogP contribution >= 0.6 is 0 Å². The largest absolute Gasteiger partial charge is 0.410 e. The molecule has 0 spiro atoms. The fraction of sp³-hybridized carbons (Fsp3) is 0.571. The Morgan fingerprint density at radius 1 is 1.38 bits per heavy atom. The lowest BCUT2D eigenvalue weighted by Gasteiger charge is -2.17. The van der Waals surface area contributed by atoms with Crippen LogP contribution in [0.4, 0.5) is 22.0 Å². The molecule has 0 N–H and O–H groups in total. The summed E-state index contributed by atoms with van der Waals surface area (Å²) in [5.74, 6) is 0. The summed E-state index contributed by atoms with van der Waals surface area (Å²) in [6.07, 6.45) is -8.05. The van der Waals surface area contributed by atoms with E-state index >= 15 is 0 Å². The molecule has 1 aromatic heterocycles. The molecule has 16 heavy (non-hydrogen) atoms. The van der Waals surface area contributed by atoms with Crippen molar-refractivity contribution in [2.45, 2.75) is 25.6 Å². The van der Waals surface area contributed by atoms with Gasteiger partial charge in [-0.05, 0) is 6.92 Å². The monoisotopic (exact) mass is 243 g/mol. The molecule has 0 aliphatic carbocycles. The molecule has 0 aromatic carbocycles. The third kappa shape index (κ3) is 2.17.